The van der Waals surface area contributed by atoms with E-state index in [2.05, 4.69) is 53.3 Å². The fourth-order valence-electron chi connectivity index (χ4n) is 1.95. The molecule has 0 fully saturated rings. The van der Waals surface area contributed by atoms with Crippen molar-refractivity contribution in [3.05, 3.63) is 58.1 Å². The lowest BCUT2D eigenvalue weighted by atomic mass is 10.1. The minimum atomic E-state index is 0.812. The van der Waals surface area contributed by atoms with Gasteiger partial charge in [0.2, 0.25) is 0 Å². The minimum absolute atomic E-state index is 0.812. The van der Waals surface area contributed by atoms with E-state index in [1.54, 1.807) is 0 Å². The Morgan fingerprint density at radius 2 is 1.80 bits per heavy atom. The SMILES string of the molecule is CCNCc1ccc(Br)cc1Oc1ccc(CC)cc1. The van der Waals surface area contributed by atoms with Gasteiger partial charge in [0, 0.05) is 16.6 Å². The lowest BCUT2D eigenvalue weighted by molar-refractivity contribution is 0.472. The molecule has 3 heteroatoms. The van der Waals surface area contributed by atoms with Crippen molar-refractivity contribution in [2.75, 3.05) is 6.54 Å². The maximum atomic E-state index is 6.02. The molecule has 106 valence electrons. The molecular formula is C17H20BrNO. The van der Waals surface area contributed by atoms with Crippen molar-refractivity contribution in [2.24, 2.45) is 0 Å². The third-order valence-corrected chi connectivity index (χ3v) is 3.65. The second-order valence-electron chi connectivity index (χ2n) is 4.63. The molecule has 0 bridgehead atoms. The van der Waals surface area contributed by atoms with Gasteiger partial charge in [-0.15, -0.1) is 0 Å². The van der Waals surface area contributed by atoms with Gasteiger partial charge in [-0.2, -0.15) is 0 Å². The molecule has 0 saturated carbocycles. The third kappa shape index (κ3) is 4.09. The highest BCUT2D eigenvalue weighted by atomic mass is 79.9. The first-order valence-electron chi connectivity index (χ1n) is 6.99. The minimum Gasteiger partial charge on any atom is -0.457 e. The van der Waals surface area contributed by atoms with Crippen LogP contribution in [0.15, 0.2) is 46.9 Å². The summed E-state index contributed by atoms with van der Waals surface area (Å²) >= 11 is 3.50. The van der Waals surface area contributed by atoms with Gasteiger partial charge in [0.15, 0.2) is 0 Å². The number of hydrogen-bond acceptors (Lipinski definition) is 2. The lowest BCUT2D eigenvalue weighted by Crippen LogP contribution is -2.12. The van der Waals surface area contributed by atoms with Crippen molar-refractivity contribution in [1.82, 2.24) is 5.32 Å². The van der Waals surface area contributed by atoms with E-state index in [0.29, 0.717) is 0 Å². The smallest absolute Gasteiger partial charge is 0.133 e. The Bertz CT molecular complexity index is 551. The molecule has 0 aliphatic heterocycles. The summed E-state index contributed by atoms with van der Waals surface area (Å²) < 4.78 is 7.04. The van der Waals surface area contributed by atoms with Crippen LogP contribution in [0.5, 0.6) is 11.5 Å². The summed E-state index contributed by atoms with van der Waals surface area (Å²) in [7, 11) is 0. The van der Waals surface area contributed by atoms with E-state index >= 15 is 0 Å². The van der Waals surface area contributed by atoms with Gasteiger partial charge in [-0.05, 0) is 42.8 Å². The zero-order chi connectivity index (χ0) is 14.4. The first kappa shape index (κ1) is 15.1. The van der Waals surface area contributed by atoms with Gasteiger partial charge in [-0.25, -0.2) is 0 Å². The fraction of sp³-hybridized carbons (Fsp3) is 0.294. The zero-order valence-electron chi connectivity index (χ0n) is 11.9. The third-order valence-electron chi connectivity index (χ3n) is 3.15. The van der Waals surface area contributed by atoms with Crippen LogP contribution in [0.3, 0.4) is 0 Å². The normalized spacial score (nSPS) is 10.6. The van der Waals surface area contributed by atoms with Crippen molar-refractivity contribution < 1.29 is 4.74 Å². The Labute approximate surface area is 129 Å². The standard InChI is InChI=1S/C17H20BrNO/c1-3-13-5-9-16(10-6-13)20-17-11-15(18)8-7-14(17)12-19-4-2/h5-11,19H,3-4,12H2,1-2H3. The average Bonchev–Trinajstić information content (AvgIpc) is 2.47. The van der Waals surface area contributed by atoms with Crippen LogP contribution in [0.2, 0.25) is 0 Å². The van der Waals surface area contributed by atoms with E-state index in [9.17, 15) is 0 Å². The van der Waals surface area contributed by atoms with Crippen LogP contribution in [0.4, 0.5) is 0 Å². The van der Waals surface area contributed by atoms with Crippen LogP contribution < -0.4 is 10.1 Å². The maximum absolute atomic E-state index is 6.02. The zero-order valence-corrected chi connectivity index (χ0v) is 13.5. The summed E-state index contributed by atoms with van der Waals surface area (Å²) in [5, 5.41) is 3.33. The van der Waals surface area contributed by atoms with E-state index in [1.807, 2.05) is 24.3 Å². The monoisotopic (exact) mass is 333 g/mol. The number of aryl methyl sites for hydroxylation is 1. The van der Waals surface area contributed by atoms with E-state index in [-0.39, 0.29) is 0 Å². The van der Waals surface area contributed by atoms with E-state index in [0.717, 1.165) is 41.0 Å². The first-order valence-corrected chi connectivity index (χ1v) is 7.78. The molecule has 2 aromatic rings. The van der Waals surface area contributed by atoms with Crippen LogP contribution in [0, 0.1) is 0 Å². The summed E-state index contributed by atoms with van der Waals surface area (Å²) in [5.41, 5.74) is 2.48. The maximum Gasteiger partial charge on any atom is 0.133 e. The Morgan fingerprint density at radius 3 is 2.45 bits per heavy atom. The summed E-state index contributed by atoms with van der Waals surface area (Å²) in [5.74, 6) is 1.77. The molecular weight excluding hydrogens is 314 g/mol. The molecule has 2 rings (SSSR count). The summed E-state index contributed by atoms with van der Waals surface area (Å²) in [4.78, 5) is 0. The number of rotatable bonds is 6. The van der Waals surface area contributed by atoms with E-state index < -0.39 is 0 Å². The highest BCUT2D eigenvalue weighted by molar-refractivity contribution is 9.10. The molecule has 1 N–H and O–H groups in total. The molecule has 0 amide bonds. The molecule has 0 radical (unpaired) electrons. The van der Waals surface area contributed by atoms with Gasteiger partial charge in [0.1, 0.15) is 11.5 Å². The van der Waals surface area contributed by atoms with Gasteiger partial charge < -0.3 is 10.1 Å². The second kappa shape index (κ2) is 7.46. The highest BCUT2D eigenvalue weighted by Crippen LogP contribution is 2.29. The van der Waals surface area contributed by atoms with Gasteiger partial charge in [0.05, 0.1) is 0 Å². The van der Waals surface area contributed by atoms with Crippen LogP contribution in [-0.4, -0.2) is 6.54 Å². The molecule has 0 atom stereocenters. The summed E-state index contributed by atoms with van der Waals surface area (Å²) in [6.07, 6.45) is 1.04. The summed E-state index contributed by atoms with van der Waals surface area (Å²) in [6.45, 7) is 6.01. The highest BCUT2D eigenvalue weighted by Gasteiger charge is 2.06. The largest absolute Gasteiger partial charge is 0.457 e. The van der Waals surface area contributed by atoms with Gasteiger partial charge >= 0.3 is 0 Å². The second-order valence-corrected chi connectivity index (χ2v) is 5.55. The van der Waals surface area contributed by atoms with Crippen molar-refractivity contribution in [2.45, 2.75) is 26.8 Å². The predicted molar refractivity (Wildman–Crippen MR) is 87.4 cm³/mol. The number of halogens is 1. The van der Waals surface area contributed by atoms with Crippen LogP contribution in [-0.2, 0) is 13.0 Å². The van der Waals surface area contributed by atoms with Gasteiger partial charge in [-0.1, -0.05) is 48.0 Å². The average molecular weight is 334 g/mol. The number of ether oxygens (including phenoxy) is 1. The Kier molecular flexibility index (Phi) is 5.62. The molecule has 20 heavy (non-hydrogen) atoms. The molecule has 2 aromatic carbocycles. The Hall–Kier alpha value is -1.32. The fourth-order valence-corrected chi connectivity index (χ4v) is 2.29. The van der Waals surface area contributed by atoms with Crippen LogP contribution >= 0.6 is 15.9 Å². The molecule has 0 heterocycles. The van der Waals surface area contributed by atoms with Crippen LogP contribution in [0.1, 0.15) is 25.0 Å². The number of nitrogens with one attached hydrogen (secondary N) is 1. The van der Waals surface area contributed by atoms with E-state index in [4.69, 9.17) is 4.74 Å². The molecule has 0 aliphatic rings. The van der Waals surface area contributed by atoms with Crippen molar-refractivity contribution in [3.8, 4) is 11.5 Å². The summed E-state index contributed by atoms with van der Waals surface area (Å²) in [6, 6.07) is 14.4. The van der Waals surface area contributed by atoms with Crippen molar-refractivity contribution in [1.29, 1.82) is 0 Å². The molecule has 0 aromatic heterocycles. The number of benzene rings is 2. The predicted octanol–water partition coefficient (Wildman–Crippen LogP) is 4.91. The van der Waals surface area contributed by atoms with Crippen LogP contribution in [0.25, 0.3) is 0 Å². The first-order chi connectivity index (χ1) is 9.72. The quantitative estimate of drug-likeness (QED) is 0.810. The molecule has 0 spiro atoms. The molecule has 0 aliphatic carbocycles. The van der Waals surface area contributed by atoms with Gasteiger partial charge in [-0.3, -0.25) is 0 Å². The van der Waals surface area contributed by atoms with E-state index in [1.165, 1.54) is 5.56 Å². The lowest BCUT2D eigenvalue weighted by Gasteiger charge is -2.12. The van der Waals surface area contributed by atoms with Gasteiger partial charge in [0.25, 0.3) is 0 Å². The topological polar surface area (TPSA) is 21.3 Å². The molecule has 2 nitrogen and oxygen atoms in total. The van der Waals surface area contributed by atoms with Crippen molar-refractivity contribution >= 4 is 15.9 Å². The molecule has 0 unspecified atom stereocenters. The number of hydrogen-bond donors (Lipinski definition) is 1. The Morgan fingerprint density at radius 1 is 1.05 bits per heavy atom. The van der Waals surface area contributed by atoms with Crippen molar-refractivity contribution in [3.63, 3.8) is 0 Å². The Balaban J connectivity index is 2.19. The molecule has 0 saturated heterocycles.